The molecule has 2 fully saturated rings. The van der Waals surface area contributed by atoms with Gasteiger partial charge < -0.3 is 14.6 Å². The molecule has 2 unspecified atom stereocenters. The molecule has 4 rings (SSSR count). The second-order valence-corrected chi connectivity index (χ2v) is 6.92. The predicted molar refractivity (Wildman–Crippen MR) is 98.0 cm³/mol. The first-order valence-corrected chi connectivity index (χ1v) is 8.64. The van der Waals surface area contributed by atoms with Crippen LogP contribution in [0.25, 0.3) is 11.4 Å². The molecular weight excluding hydrogens is 340 g/mol. The molecule has 2 atom stereocenters. The Morgan fingerprint density at radius 2 is 1.88 bits per heavy atom. The van der Waals surface area contributed by atoms with Crippen LogP contribution in [0.4, 0.5) is 0 Å². The van der Waals surface area contributed by atoms with Crippen molar-refractivity contribution in [2.24, 2.45) is 0 Å². The Bertz CT molecular complexity index is 679. The Balaban J connectivity index is 0.00000182. The zero-order valence-electron chi connectivity index (χ0n) is 14.6. The first-order chi connectivity index (χ1) is 11.7. The smallest absolute Gasteiger partial charge is 0.241 e. The average molecular weight is 365 g/mol. The summed E-state index contributed by atoms with van der Waals surface area (Å²) in [6.07, 6.45) is 5.06. The largest absolute Gasteiger partial charge is 0.497 e. The Morgan fingerprint density at radius 3 is 2.52 bits per heavy atom. The van der Waals surface area contributed by atoms with Crippen molar-refractivity contribution in [1.29, 1.82) is 0 Å². The van der Waals surface area contributed by atoms with Crippen LogP contribution in [-0.2, 0) is 6.54 Å². The highest BCUT2D eigenvalue weighted by Crippen LogP contribution is 2.30. The maximum atomic E-state index is 5.46. The third kappa shape index (κ3) is 3.97. The first-order valence-electron chi connectivity index (χ1n) is 8.64. The SMILES string of the molecule is COc1ccc(-c2noc(CN(C)C3CC4CCC(C3)N4)n2)cc1.Cl. The van der Waals surface area contributed by atoms with Gasteiger partial charge in [-0.1, -0.05) is 5.16 Å². The highest BCUT2D eigenvalue weighted by atomic mass is 35.5. The Kier molecular flexibility index (Phi) is 5.61. The Labute approximate surface area is 154 Å². The van der Waals surface area contributed by atoms with Crippen LogP contribution in [0.3, 0.4) is 0 Å². The number of hydrogen-bond donors (Lipinski definition) is 1. The zero-order chi connectivity index (χ0) is 16.5. The van der Waals surface area contributed by atoms with Crippen LogP contribution in [-0.4, -0.2) is 47.3 Å². The van der Waals surface area contributed by atoms with Gasteiger partial charge in [-0.15, -0.1) is 12.4 Å². The molecule has 25 heavy (non-hydrogen) atoms. The lowest BCUT2D eigenvalue weighted by Crippen LogP contribution is -2.46. The number of nitrogens with one attached hydrogen (secondary N) is 1. The minimum absolute atomic E-state index is 0. The van der Waals surface area contributed by atoms with Crippen molar-refractivity contribution in [1.82, 2.24) is 20.4 Å². The lowest BCUT2D eigenvalue weighted by atomic mass is 9.98. The Morgan fingerprint density at radius 1 is 1.20 bits per heavy atom. The summed E-state index contributed by atoms with van der Waals surface area (Å²) in [5.74, 6) is 2.13. The van der Waals surface area contributed by atoms with Crippen LogP contribution in [0.2, 0.25) is 0 Å². The van der Waals surface area contributed by atoms with Gasteiger partial charge in [0, 0.05) is 23.7 Å². The van der Waals surface area contributed by atoms with E-state index in [1.165, 1.54) is 25.7 Å². The second kappa shape index (κ2) is 7.72. The van der Waals surface area contributed by atoms with E-state index in [0.29, 0.717) is 36.4 Å². The lowest BCUT2D eigenvalue weighted by Gasteiger charge is -2.34. The quantitative estimate of drug-likeness (QED) is 0.880. The third-order valence-corrected chi connectivity index (χ3v) is 5.27. The van der Waals surface area contributed by atoms with Crippen LogP contribution in [0.15, 0.2) is 28.8 Å². The molecular formula is C18H25ClN4O2. The highest BCUT2D eigenvalue weighted by molar-refractivity contribution is 5.85. The molecule has 1 N–H and O–H groups in total. The number of ether oxygens (including phenoxy) is 1. The van der Waals surface area contributed by atoms with Crippen LogP contribution in [0.5, 0.6) is 5.75 Å². The van der Waals surface area contributed by atoms with E-state index in [-0.39, 0.29) is 12.4 Å². The average Bonchev–Trinajstić information content (AvgIpc) is 3.21. The normalized spacial score (nSPS) is 25.0. The van der Waals surface area contributed by atoms with Crippen molar-refractivity contribution in [3.63, 3.8) is 0 Å². The molecule has 2 aliphatic heterocycles. The molecule has 0 saturated carbocycles. The molecule has 0 amide bonds. The molecule has 0 radical (unpaired) electrons. The summed E-state index contributed by atoms with van der Waals surface area (Å²) in [5, 5.41) is 7.80. The molecule has 7 heteroatoms. The number of benzene rings is 1. The standard InChI is InChI=1S/C18H24N4O2.ClH/c1-22(15-9-13-5-6-14(10-15)19-13)11-17-20-18(21-24-17)12-3-7-16(23-2)8-4-12;/h3-4,7-8,13-15,19H,5-6,9-11H2,1-2H3;1H. The summed E-state index contributed by atoms with van der Waals surface area (Å²) in [4.78, 5) is 6.91. The molecule has 6 nitrogen and oxygen atoms in total. The fourth-order valence-corrected chi connectivity index (χ4v) is 3.91. The van der Waals surface area contributed by atoms with Crippen molar-refractivity contribution in [3.05, 3.63) is 30.2 Å². The number of fused-ring (bicyclic) bond motifs is 2. The number of aromatic nitrogens is 2. The van der Waals surface area contributed by atoms with Crippen LogP contribution in [0.1, 0.15) is 31.6 Å². The summed E-state index contributed by atoms with van der Waals surface area (Å²) in [5.41, 5.74) is 0.938. The van der Waals surface area contributed by atoms with Crippen LogP contribution in [0, 0.1) is 0 Å². The number of piperidine rings is 1. The number of halogens is 1. The fraction of sp³-hybridized carbons (Fsp3) is 0.556. The van der Waals surface area contributed by atoms with Gasteiger partial charge in [0.2, 0.25) is 11.7 Å². The molecule has 2 aliphatic rings. The lowest BCUT2D eigenvalue weighted by molar-refractivity contribution is 0.150. The molecule has 1 aromatic carbocycles. The summed E-state index contributed by atoms with van der Waals surface area (Å²) < 4.78 is 10.6. The summed E-state index contributed by atoms with van der Waals surface area (Å²) in [6.45, 7) is 0.702. The van der Waals surface area contributed by atoms with Gasteiger partial charge in [0.05, 0.1) is 13.7 Å². The van der Waals surface area contributed by atoms with Crippen molar-refractivity contribution in [3.8, 4) is 17.1 Å². The van der Waals surface area contributed by atoms with Gasteiger partial charge in [-0.3, -0.25) is 4.90 Å². The van der Waals surface area contributed by atoms with E-state index >= 15 is 0 Å². The Hall–Kier alpha value is -1.63. The van der Waals surface area contributed by atoms with Crippen LogP contribution >= 0.6 is 12.4 Å². The molecule has 2 bridgehead atoms. The van der Waals surface area contributed by atoms with Gasteiger partial charge >= 0.3 is 0 Å². The maximum absolute atomic E-state index is 5.46. The van der Waals surface area contributed by atoms with Gasteiger partial charge in [0.25, 0.3) is 0 Å². The molecule has 0 spiro atoms. The minimum atomic E-state index is 0. The monoisotopic (exact) mass is 364 g/mol. The molecule has 3 heterocycles. The second-order valence-electron chi connectivity index (χ2n) is 6.92. The van der Waals surface area contributed by atoms with E-state index < -0.39 is 0 Å². The summed E-state index contributed by atoms with van der Waals surface area (Å²) in [6, 6.07) is 9.68. The van der Waals surface area contributed by atoms with E-state index in [2.05, 4.69) is 27.4 Å². The molecule has 0 aliphatic carbocycles. The number of hydrogen-bond acceptors (Lipinski definition) is 6. The predicted octanol–water partition coefficient (Wildman–Crippen LogP) is 2.88. The molecule has 136 valence electrons. The fourth-order valence-electron chi connectivity index (χ4n) is 3.91. The maximum Gasteiger partial charge on any atom is 0.241 e. The molecule has 2 saturated heterocycles. The highest BCUT2D eigenvalue weighted by Gasteiger charge is 2.35. The molecule has 1 aromatic heterocycles. The minimum Gasteiger partial charge on any atom is -0.497 e. The number of methoxy groups -OCH3 is 1. The van der Waals surface area contributed by atoms with E-state index in [4.69, 9.17) is 9.26 Å². The van der Waals surface area contributed by atoms with E-state index in [9.17, 15) is 0 Å². The van der Waals surface area contributed by atoms with Gasteiger partial charge in [-0.25, -0.2) is 0 Å². The van der Waals surface area contributed by atoms with Crippen molar-refractivity contribution < 1.29 is 9.26 Å². The van der Waals surface area contributed by atoms with Crippen molar-refractivity contribution in [2.75, 3.05) is 14.2 Å². The number of nitrogens with zero attached hydrogens (tertiary/aromatic N) is 3. The van der Waals surface area contributed by atoms with Gasteiger partial charge in [0.1, 0.15) is 5.75 Å². The van der Waals surface area contributed by atoms with Gasteiger partial charge in [-0.2, -0.15) is 4.98 Å². The molecule has 2 aromatic rings. The first kappa shape index (κ1) is 18.2. The van der Waals surface area contributed by atoms with Crippen LogP contribution < -0.4 is 10.1 Å². The van der Waals surface area contributed by atoms with Crippen molar-refractivity contribution >= 4 is 12.4 Å². The zero-order valence-corrected chi connectivity index (χ0v) is 15.5. The van der Waals surface area contributed by atoms with Crippen molar-refractivity contribution in [2.45, 2.75) is 50.4 Å². The van der Waals surface area contributed by atoms with Gasteiger partial charge in [0.15, 0.2) is 0 Å². The van der Waals surface area contributed by atoms with E-state index in [1.54, 1.807) is 7.11 Å². The van der Waals surface area contributed by atoms with E-state index in [1.807, 2.05) is 24.3 Å². The van der Waals surface area contributed by atoms with E-state index in [0.717, 1.165) is 11.3 Å². The van der Waals surface area contributed by atoms with Gasteiger partial charge in [-0.05, 0) is 57.0 Å². The number of rotatable bonds is 5. The summed E-state index contributed by atoms with van der Waals surface area (Å²) >= 11 is 0. The topological polar surface area (TPSA) is 63.4 Å². The third-order valence-electron chi connectivity index (χ3n) is 5.27. The summed E-state index contributed by atoms with van der Waals surface area (Å²) in [7, 11) is 3.82.